The van der Waals surface area contributed by atoms with Gasteiger partial charge in [0.1, 0.15) is 5.75 Å². The molecular formula is C19H16F3N3OS. The molecule has 1 aromatic heterocycles. The first-order valence-corrected chi connectivity index (χ1v) is 8.80. The van der Waals surface area contributed by atoms with Gasteiger partial charge in [-0.15, -0.1) is 13.2 Å². The molecule has 0 saturated carbocycles. The molecule has 0 radical (unpaired) electrons. The number of halogens is 3. The summed E-state index contributed by atoms with van der Waals surface area (Å²) in [6.07, 6.45) is -3.82. The molecule has 0 aliphatic carbocycles. The summed E-state index contributed by atoms with van der Waals surface area (Å²) in [5.74, 6) is -0.264. The SMILES string of the molecule is FC(F)(F)Oc1ccc(NC(=S)N2CCc3c([nH]c4ccccc34)C2)cc1. The average Bonchev–Trinajstić information content (AvgIpc) is 3.00. The molecule has 1 aliphatic rings. The van der Waals surface area contributed by atoms with Gasteiger partial charge >= 0.3 is 6.36 Å². The zero-order valence-corrected chi connectivity index (χ0v) is 15.0. The molecule has 4 rings (SSSR count). The van der Waals surface area contributed by atoms with Gasteiger partial charge in [-0.05, 0) is 54.5 Å². The number of para-hydroxylation sites is 1. The zero-order chi connectivity index (χ0) is 19.0. The first kappa shape index (κ1) is 17.7. The number of nitrogens with zero attached hydrogens (tertiary/aromatic N) is 1. The van der Waals surface area contributed by atoms with E-state index >= 15 is 0 Å². The monoisotopic (exact) mass is 391 g/mol. The molecule has 0 bridgehead atoms. The largest absolute Gasteiger partial charge is 0.573 e. The highest BCUT2D eigenvalue weighted by atomic mass is 32.1. The van der Waals surface area contributed by atoms with E-state index in [1.54, 1.807) is 0 Å². The fraction of sp³-hybridized carbons (Fsp3) is 0.211. The van der Waals surface area contributed by atoms with Gasteiger partial charge in [-0.2, -0.15) is 0 Å². The van der Waals surface area contributed by atoms with E-state index in [0.29, 0.717) is 17.3 Å². The topological polar surface area (TPSA) is 40.3 Å². The molecule has 0 atom stereocenters. The van der Waals surface area contributed by atoms with Crippen molar-refractivity contribution in [2.24, 2.45) is 0 Å². The van der Waals surface area contributed by atoms with Crippen LogP contribution in [0.25, 0.3) is 10.9 Å². The third-order valence-electron chi connectivity index (χ3n) is 4.51. The molecule has 3 aromatic rings. The summed E-state index contributed by atoms with van der Waals surface area (Å²) in [7, 11) is 0. The second kappa shape index (κ2) is 6.77. The van der Waals surface area contributed by atoms with Crippen molar-refractivity contribution in [1.29, 1.82) is 0 Å². The molecule has 2 aromatic carbocycles. The summed E-state index contributed by atoms with van der Waals surface area (Å²) in [6, 6.07) is 13.7. The highest BCUT2D eigenvalue weighted by Crippen LogP contribution is 2.28. The Morgan fingerprint density at radius 2 is 1.85 bits per heavy atom. The van der Waals surface area contributed by atoms with Gasteiger partial charge in [0.2, 0.25) is 0 Å². The lowest BCUT2D eigenvalue weighted by molar-refractivity contribution is -0.274. The molecule has 27 heavy (non-hydrogen) atoms. The van der Waals surface area contributed by atoms with Crippen LogP contribution >= 0.6 is 12.2 Å². The van der Waals surface area contributed by atoms with Gasteiger partial charge in [-0.3, -0.25) is 0 Å². The number of hydrogen-bond acceptors (Lipinski definition) is 2. The molecule has 2 N–H and O–H groups in total. The Morgan fingerprint density at radius 1 is 1.11 bits per heavy atom. The molecule has 0 fully saturated rings. The van der Waals surface area contributed by atoms with Crippen LogP contribution in [0.5, 0.6) is 5.75 Å². The van der Waals surface area contributed by atoms with Crippen LogP contribution in [0, 0.1) is 0 Å². The van der Waals surface area contributed by atoms with E-state index in [4.69, 9.17) is 12.2 Å². The van der Waals surface area contributed by atoms with Gasteiger partial charge in [-0.1, -0.05) is 18.2 Å². The van der Waals surface area contributed by atoms with Crippen LogP contribution in [0.2, 0.25) is 0 Å². The third-order valence-corrected chi connectivity index (χ3v) is 4.87. The quantitative estimate of drug-likeness (QED) is 0.615. The van der Waals surface area contributed by atoms with Crippen LogP contribution in [0.4, 0.5) is 18.9 Å². The second-order valence-electron chi connectivity index (χ2n) is 6.30. The fourth-order valence-corrected chi connectivity index (χ4v) is 3.58. The summed E-state index contributed by atoms with van der Waals surface area (Å²) in [4.78, 5) is 5.48. The Bertz CT molecular complexity index is 982. The van der Waals surface area contributed by atoms with Gasteiger partial charge < -0.3 is 19.9 Å². The Kier molecular flexibility index (Phi) is 4.43. The lowest BCUT2D eigenvalue weighted by Crippen LogP contribution is -2.38. The number of benzene rings is 2. The maximum atomic E-state index is 12.2. The van der Waals surface area contributed by atoms with Gasteiger partial charge in [0.05, 0.1) is 6.54 Å². The van der Waals surface area contributed by atoms with Gasteiger partial charge in [0.25, 0.3) is 0 Å². The van der Waals surface area contributed by atoms with Gasteiger partial charge in [-0.25, -0.2) is 0 Å². The Hall–Kier alpha value is -2.74. The number of aromatic amines is 1. The van der Waals surface area contributed by atoms with Crippen LogP contribution in [-0.4, -0.2) is 27.9 Å². The highest BCUT2D eigenvalue weighted by molar-refractivity contribution is 7.80. The number of ether oxygens (including phenoxy) is 1. The van der Waals surface area contributed by atoms with E-state index < -0.39 is 6.36 Å². The predicted molar refractivity (Wildman–Crippen MR) is 102 cm³/mol. The average molecular weight is 391 g/mol. The van der Waals surface area contributed by atoms with Crippen LogP contribution in [-0.2, 0) is 13.0 Å². The van der Waals surface area contributed by atoms with Crippen molar-refractivity contribution in [2.45, 2.75) is 19.3 Å². The lowest BCUT2D eigenvalue weighted by atomic mass is 10.0. The number of alkyl halides is 3. The van der Waals surface area contributed by atoms with E-state index in [1.807, 2.05) is 17.0 Å². The Balaban J connectivity index is 1.43. The normalized spacial score (nSPS) is 14.1. The summed E-state index contributed by atoms with van der Waals surface area (Å²) in [6.45, 7) is 1.43. The van der Waals surface area contributed by atoms with Crippen LogP contribution in [0.3, 0.4) is 0 Å². The molecule has 1 aliphatic heterocycles. The smallest absolute Gasteiger partial charge is 0.406 e. The van der Waals surface area contributed by atoms with Crippen LogP contribution in [0.1, 0.15) is 11.3 Å². The van der Waals surface area contributed by atoms with Gasteiger partial charge in [0, 0.05) is 28.8 Å². The molecule has 4 nitrogen and oxygen atoms in total. The number of thiocarbonyl (C=S) groups is 1. The maximum Gasteiger partial charge on any atom is 0.573 e. The highest BCUT2D eigenvalue weighted by Gasteiger charge is 2.31. The molecule has 0 unspecified atom stereocenters. The summed E-state index contributed by atoms with van der Waals surface area (Å²) < 4.78 is 40.5. The van der Waals surface area contributed by atoms with E-state index in [1.165, 1.54) is 35.2 Å². The number of aromatic nitrogens is 1. The number of rotatable bonds is 2. The van der Waals surface area contributed by atoms with Crippen molar-refractivity contribution in [3.63, 3.8) is 0 Å². The van der Waals surface area contributed by atoms with Crippen molar-refractivity contribution in [3.8, 4) is 5.75 Å². The lowest BCUT2D eigenvalue weighted by Gasteiger charge is -2.29. The number of H-pyrrole nitrogens is 1. The van der Waals surface area contributed by atoms with Crippen LogP contribution < -0.4 is 10.1 Å². The van der Waals surface area contributed by atoms with E-state index in [0.717, 1.165) is 24.2 Å². The maximum absolute atomic E-state index is 12.2. The second-order valence-corrected chi connectivity index (χ2v) is 6.69. The summed E-state index contributed by atoms with van der Waals surface area (Å²) in [5.41, 5.74) is 4.18. The zero-order valence-electron chi connectivity index (χ0n) is 14.1. The number of anilines is 1. The van der Waals surface area contributed by atoms with Crippen LogP contribution in [0.15, 0.2) is 48.5 Å². The molecule has 140 valence electrons. The molecule has 8 heteroatoms. The minimum Gasteiger partial charge on any atom is -0.406 e. The molecular weight excluding hydrogens is 375 g/mol. The van der Waals surface area contributed by atoms with E-state index in [9.17, 15) is 13.2 Å². The van der Waals surface area contributed by atoms with Crippen molar-refractivity contribution in [1.82, 2.24) is 9.88 Å². The van der Waals surface area contributed by atoms with Crippen molar-refractivity contribution in [2.75, 3.05) is 11.9 Å². The third kappa shape index (κ3) is 3.85. The van der Waals surface area contributed by atoms with Gasteiger partial charge in [0.15, 0.2) is 5.11 Å². The standard InChI is InChI=1S/C19H16F3N3OS/c20-19(21,22)26-13-7-5-12(6-8-13)23-18(27)25-10-9-15-14-3-1-2-4-16(14)24-17(15)11-25/h1-8,24H,9-11H2,(H,23,27). The Labute approximate surface area is 158 Å². The number of nitrogens with one attached hydrogen (secondary N) is 2. The van der Waals surface area contributed by atoms with E-state index in [2.05, 4.69) is 27.2 Å². The minimum atomic E-state index is -4.70. The number of hydrogen-bond donors (Lipinski definition) is 2. The first-order valence-electron chi connectivity index (χ1n) is 8.39. The predicted octanol–water partition coefficient (Wildman–Crippen LogP) is 4.82. The molecule has 0 spiro atoms. The minimum absolute atomic E-state index is 0.264. The number of fused-ring (bicyclic) bond motifs is 3. The van der Waals surface area contributed by atoms with Crippen molar-refractivity contribution in [3.05, 3.63) is 59.8 Å². The molecule has 0 saturated heterocycles. The summed E-state index contributed by atoms with van der Waals surface area (Å²) in [5, 5.41) is 4.85. The molecule has 2 heterocycles. The first-order chi connectivity index (χ1) is 12.9. The van der Waals surface area contributed by atoms with Crippen molar-refractivity contribution < 1.29 is 17.9 Å². The fourth-order valence-electron chi connectivity index (χ4n) is 3.31. The summed E-state index contributed by atoms with van der Waals surface area (Å²) >= 11 is 5.48. The molecule has 0 amide bonds. The Morgan fingerprint density at radius 3 is 2.59 bits per heavy atom. The van der Waals surface area contributed by atoms with Crippen molar-refractivity contribution >= 4 is 33.9 Å². The van der Waals surface area contributed by atoms with E-state index in [-0.39, 0.29) is 5.75 Å².